The molecule has 0 amide bonds. The fourth-order valence-corrected chi connectivity index (χ4v) is 1.85. The van der Waals surface area contributed by atoms with Gasteiger partial charge in [-0.25, -0.2) is 0 Å². The average molecular weight is 154 g/mol. The SMILES string of the molecule is C=C1C[C@@H](O)[C@H](CC)C[C@H]1C. The van der Waals surface area contributed by atoms with E-state index in [9.17, 15) is 5.11 Å². The standard InChI is InChI=1S/C10H18O/c1-4-9-5-7(2)8(3)6-10(9)11/h7,9-11H,3-6H2,1-2H3/t7-,9-,10-/m1/s1. The number of aliphatic hydroxyl groups excluding tert-OH is 1. The molecular formula is C10H18O. The van der Waals surface area contributed by atoms with Gasteiger partial charge in [0, 0.05) is 0 Å². The smallest absolute Gasteiger partial charge is 0.0605 e. The molecule has 11 heavy (non-hydrogen) atoms. The predicted octanol–water partition coefficient (Wildman–Crippen LogP) is 2.36. The van der Waals surface area contributed by atoms with Gasteiger partial charge in [-0.3, -0.25) is 0 Å². The van der Waals surface area contributed by atoms with Gasteiger partial charge in [-0.15, -0.1) is 0 Å². The first-order valence-electron chi connectivity index (χ1n) is 4.50. The van der Waals surface area contributed by atoms with Crippen molar-refractivity contribution < 1.29 is 5.11 Å². The van der Waals surface area contributed by atoms with Gasteiger partial charge in [-0.2, -0.15) is 0 Å². The maximum absolute atomic E-state index is 9.60. The first-order valence-corrected chi connectivity index (χ1v) is 4.50. The van der Waals surface area contributed by atoms with Crippen LogP contribution in [0.3, 0.4) is 0 Å². The Morgan fingerprint density at radius 1 is 1.64 bits per heavy atom. The molecule has 0 aliphatic heterocycles. The van der Waals surface area contributed by atoms with E-state index in [1.165, 1.54) is 5.57 Å². The zero-order chi connectivity index (χ0) is 8.43. The highest BCUT2D eigenvalue weighted by molar-refractivity contribution is 5.06. The number of hydrogen-bond acceptors (Lipinski definition) is 1. The first-order chi connectivity index (χ1) is 5.15. The topological polar surface area (TPSA) is 20.2 Å². The Morgan fingerprint density at radius 2 is 2.27 bits per heavy atom. The van der Waals surface area contributed by atoms with Crippen molar-refractivity contribution in [3.8, 4) is 0 Å². The van der Waals surface area contributed by atoms with E-state index in [1.807, 2.05) is 0 Å². The quantitative estimate of drug-likeness (QED) is 0.575. The summed E-state index contributed by atoms with van der Waals surface area (Å²) in [7, 11) is 0. The molecule has 1 fully saturated rings. The minimum absolute atomic E-state index is 0.122. The molecule has 0 aromatic carbocycles. The molecule has 1 aliphatic rings. The Bertz CT molecular complexity index is 151. The molecule has 1 saturated carbocycles. The van der Waals surface area contributed by atoms with E-state index in [-0.39, 0.29) is 6.10 Å². The van der Waals surface area contributed by atoms with Crippen LogP contribution < -0.4 is 0 Å². The van der Waals surface area contributed by atoms with Gasteiger partial charge in [-0.05, 0) is 24.7 Å². The van der Waals surface area contributed by atoms with Gasteiger partial charge >= 0.3 is 0 Å². The van der Waals surface area contributed by atoms with Crippen molar-refractivity contribution in [3.63, 3.8) is 0 Å². The van der Waals surface area contributed by atoms with Crippen molar-refractivity contribution in [2.24, 2.45) is 11.8 Å². The molecule has 0 radical (unpaired) electrons. The molecule has 0 bridgehead atoms. The monoisotopic (exact) mass is 154 g/mol. The molecule has 1 heteroatoms. The van der Waals surface area contributed by atoms with Crippen molar-refractivity contribution in [3.05, 3.63) is 12.2 Å². The summed E-state index contributed by atoms with van der Waals surface area (Å²) in [5.74, 6) is 1.12. The summed E-state index contributed by atoms with van der Waals surface area (Å²) >= 11 is 0. The zero-order valence-electron chi connectivity index (χ0n) is 7.51. The molecule has 1 nitrogen and oxygen atoms in total. The second-order valence-corrected chi connectivity index (χ2v) is 3.73. The number of hydrogen-bond donors (Lipinski definition) is 1. The maximum atomic E-state index is 9.60. The highest BCUT2D eigenvalue weighted by atomic mass is 16.3. The van der Waals surface area contributed by atoms with Crippen LogP contribution >= 0.6 is 0 Å². The van der Waals surface area contributed by atoms with Crippen LogP contribution in [-0.2, 0) is 0 Å². The Labute approximate surface area is 69.1 Å². The molecule has 0 aromatic rings. The Hall–Kier alpha value is -0.300. The maximum Gasteiger partial charge on any atom is 0.0605 e. The molecule has 0 spiro atoms. The first kappa shape index (κ1) is 8.79. The van der Waals surface area contributed by atoms with Crippen LogP contribution in [0, 0.1) is 11.8 Å². The molecule has 64 valence electrons. The molecule has 0 aromatic heterocycles. The summed E-state index contributed by atoms with van der Waals surface area (Å²) < 4.78 is 0. The van der Waals surface area contributed by atoms with Gasteiger partial charge in [0.1, 0.15) is 0 Å². The van der Waals surface area contributed by atoms with Crippen LogP contribution in [0.5, 0.6) is 0 Å². The van der Waals surface area contributed by atoms with E-state index in [4.69, 9.17) is 0 Å². The summed E-state index contributed by atoms with van der Waals surface area (Å²) in [5, 5.41) is 9.60. The minimum atomic E-state index is -0.122. The van der Waals surface area contributed by atoms with Crippen LogP contribution in [-0.4, -0.2) is 11.2 Å². The van der Waals surface area contributed by atoms with Gasteiger partial charge in [0.15, 0.2) is 0 Å². The summed E-state index contributed by atoms with van der Waals surface area (Å²) in [4.78, 5) is 0. The molecular weight excluding hydrogens is 136 g/mol. The minimum Gasteiger partial charge on any atom is -0.393 e. The van der Waals surface area contributed by atoms with Crippen LogP contribution in [0.2, 0.25) is 0 Å². The lowest BCUT2D eigenvalue weighted by atomic mass is 9.76. The third-order valence-corrected chi connectivity index (χ3v) is 2.89. The highest BCUT2D eigenvalue weighted by Crippen LogP contribution is 2.33. The van der Waals surface area contributed by atoms with Crippen molar-refractivity contribution in [2.75, 3.05) is 0 Å². The van der Waals surface area contributed by atoms with Crippen molar-refractivity contribution in [1.82, 2.24) is 0 Å². The summed E-state index contributed by atoms with van der Waals surface area (Å²) in [6.45, 7) is 8.31. The van der Waals surface area contributed by atoms with E-state index in [0.717, 1.165) is 19.3 Å². The van der Waals surface area contributed by atoms with Crippen LogP contribution in [0.4, 0.5) is 0 Å². The van der Waals surface area contributed by atoms with Crippen LogP contribution in [0.15, 0.2) is 12.2 Å². The largest absolute Gasteiger partial charge is 0.393 e. The van der Waals surface area contributed by atoms with E-state index in [0.29, 0.717) is 11.8 Å². The third-order valence-electron chi connectivity index (χ3n) is 2.89. The van der Waals surface area contributed by atoms with Crippen molar-refractivity contribution in [1.29, 1.82) is 0 Å². The van der Waals surface area contributed by atoms with E-state index < -0.39 is 0 Å². The lowest BCUT2D eigenvalue weighted by Crippen LogP contribution is -2.28. The van der Waals surface area contributed by atoms with E-state index in [2.05, 4.69) is 20.4 Å². The summed E-state index contributed by atoms with van der Waals surface area (Å²) in [5.41, 5.74) is 1.22. The second-order valence-electron chi connectivity index (χ2n) is 3.73. The molecule has 1 aliphatic carbocycles. The van der Waals surface area contributed by atoms with Crippen LogP contribution in [0.25, 0.3) is 0 Å². The number of aliphatic hydroxyl groups is 1. The summed E-state index contributed by atoms with van der Waals surface area (Å²) in [6, 6.07) is 0. The fraction of sp³-hybridized carbons (Fsp3) is 0.800. The molecule has 0 heterocycles. The Kier molecular flexibility index (Phi) is 2.72. The van der Waals surface area contributed by atoms with Gasteiger partial charge in [0.05, 0.1) is 6.10 Å². The molecule has 0 saturated heterocycles. The highest BCUT2D eigenvalue weighted by Gasteiger charge is 2.27. The van der Waals surface area contributed by atoms with Gasteiger partial charge < -0.3 is 5.11 Å². The Morgan fingerprint density at radius 3 is 2.82 bits per heavy atom. The van der Waals surface area contributed by atoms with Crippen molar-refractivity contribution in [2.45, 2.75) is 39.2 Å². The molecule has 1 rings (SSSR count). The molecule has 1 N–H and O–H groups in total. The lowest BCUT2D eigenvalue weighted by molar-refractivity contribution is 0.0737. The van der Waals surface area contributed by atoms with Gasteiger partial charge in [0.2, 0.25) is 0 Å². The third kappa shape index (κ3) is 1.84. The molecule has 3 atom stereocenters. The normalized spacial score (nSPS) is 39.2. The van der Waals surface area contributed by atoms with Crippen LogP contribution in [0.1, 0.15) is 33.1 Å². The van der Waals surface area contributed by atoms with Gasteiger partial charge in [0.25, 0.3) is 0 Å². The Balaban J connectivity index is 2.54. The average Bonchev–Trinajstić information content (AvgIpc) is 1.97. The fourth-order valence-electron chi connectivity index (χ4n) is 1.85. The predicted molar refractivity (Wildman–Crippen MR) is 47.3 cm³/mol. The number of rotatable bonds is 1. The second kappa shape index (κ2) is 3.40. The zero-order valence-corrected chi connectivity index (χ0v) is 7.51. The summed E-state index contributed by atoms with van der Waals surface area (Å²) in [6.07, 6.45) is 2.92. The van der Waals surface area contributed by atoms with E-state index in [1.54, 1.807) is 0 Å². The van der Waals surface area contributed by atoms with Gasteiger partial charge in [-0.1, -0.05) is 32.4 Å². The molecule has 0 unspecified atom stereocenters. The van der Waals surface area contributed by atoms with E-state index >= 15 is 0 Å². The van der Waals surface area contributed by atoms with Crippen molar-refractivity contribution >= 4 is 0 Å². The lowest BCUT2D eigenvalue weighted by Gasteiger charge is -2.32.